The Morgan fingerprint density at radius 2 is 2.05 bits per heavy atom. The van der Waals surface area contributed by atoms with Gasteiger partial charge in [-0.1, -0.05) is 6.07 Å². The number of β-amino-alcohol motifs (C(OH)–C–C–N with tert-alkyl or cyclic N) is 1. The second kappa shape index (κ2) is 6.64. The molecule has 116 valence electrons. The summed E-state index contributed by atoms with van der Waals surface area (Å²) in [6.45, 7) is 5.69. The number of aliphatic hydroxyl groups excluding tert-OH is 1. The molecule has 0 amide bonds. The first-order chi connectivity index (χ1) is 10.3. The number of hydrogen-bond donors (Lipinski definition) is 1. The molecule has 0 aliphatic carbocycles. The third-order valence-corrected chi connectivity index (χ3v) is 4.15. The molecule has 0 bridgehead atoms. The zero-order valence-corrected chi connectivity index (χ0v) is 12.5. The van der Waals surface area contributed by atoms with E-state index in [0.717, 1.165) is 49.6 Å². The van der Waals surface area contributed by atoms with Gasteiger partial charge in [0.15, 0.2) is 11.5 Å². The third-order valence-electron chi connectivity index (χ3n) is 4.15. The number of piperidine rings is 1. The molecule has 1 saturated heterocycles. The van der Waals surface area contributed by atoms with Gasteiger partial charge in [-0.2, -0.15) is 0 Å². The van der Waals surface area contributed by atoms with Crippen molar-refractivity contribution in [3.8, 4) is 11.5 Å². The van der Waals surface area contributed by atoms with Crippen molar-refractivity contribution in [1.29, 1.82) is 0 Å². The predicted octanol–water partition coefficient (Wildman–Crippen LogP) is 1.95. The van der Waals surface area contributed by atoms with E-state index in [-0.39, 0.29) is 6.79 Å². The maximum atomic E-state index is 10.4. The Kier molecular flexibility index (Phi) is 4.63. The summed E-state index contributed by atoms with van der Waals surface area (Å²) in [6.07, 6.45) is 1.97. The SMILES string of the molecule is CCOC1CCN(CC(O)c2ccc3c(c2)OCO3)CC1. The molecule has 0 aromatic heterocycles. The van der Waals surface area contributed by atoms with Gasteiger partial charge >= 0.3 is 0 Å². The van der Waals surface area contributed by atoms with Crippen molar-refractivity contribution < 1.29 is 19.3 Å². The number of hydrogen-bond acceptors (Lipinski definition) is 5. The Bertz CT molecular complexity index is 471. The molecule has 1 atom stereocenters. The lowest BCUT2D eigenvalue weighted by molar-refractivity contribution is 0.00327. The lowest BCUT2D eigenvalue weighted by Crippen LogP contribution is -2.39. The van der Waals surface area contributed by atoms with E-state index in [1.54, 1.807) is 0 Å². The first-order valence-electron chi connectivity index (χ1n) is 7.68. The van der Waals surface area contributed by atoms with Gasteiger partial charge in [0.1, 0.15) is 0 Å². The number of benzene rings is 1. The number of likely N-dealkylation sites (tertiary alicyclic amines) is 1. The van der Waals surface area contributed by atoms with E-state index < -0.39 is 6.10 Å². The van der Waals surface area contributed by atoms with E-state index >= 15 is 0 Å². The van der Waals surface area contributed by atoms with E-state index in [9.17, 15) is 5.11 Å². The van der Waals surface area contributed by atoms with Gasteiger partial charge in [0.05, 0.1) is 12.2 Å². The average Bonchev–Trinajstić information content (AvgIpc) is 2.97. The van der Waals surface area contributed by atoms with Crippen LogP contribution in [-0.4, -0.2) is 49.1 Å². The van der Waals surface area contributed by atoms with E-state index in [4.69, 9.17) is 14.2 Å². The Balaban J connectivity index is 1.53. The van der Waals surface area contributed by atoms with Crippen molar-refractivity contribution in [1.82, 2.24) is 4.90 Å². The average molecular weight is 293 g/mol. The fourth-order valence-electron chi connectivity index (χ4n) is 2.96. The standard InChI is InChI=1S/C16H23NO4/c1-2-19-13-5-7-17(8-6-13)10-14(18)12-3-4-15-16(9-12)21-11-20-15/h3-4,9,13-14,18H,2,5-8,10-11H2,1H3. The van der Waals surface area contributed by atoms with Crippen LogP contribution in [0, 0.1) is 0 Å². The summed E-state index contributed by atoms with van der Waals surface area (Å²) in [5.41, 5.74) is 0.881. The minimum Gasteiger partial charge on any atom is -0.454 e. The molecule has 1 N–H and O–H groups in total. The minimum absolute atomic E-state index is 0.264. The fraction of sp³-hybridized carbons (Fsp3) is 0.625. The molecule has 0 spiro atoms. The molecule has 5 nitrogen and oxygen atoms in total. The van der Waals surface area contributed by atoms with Gasteiger partial charge in [-0.05, 0) is 37.5 Å². The lowest BCUT2D eigenvalue weighted by atomic mass is 10.0. The molecule has 5 heteroatoms. The molecule has 1 fully saturated rings. The van der Waals surface area contributed by atoms with Crippen molar-refractivity contribution >= 4 is 0 Å². The topological polar surface area (TPSA) is 51.2 Å². The molecule has 3 rings (SSSR count). The van der Waals surface area contributed by atoms with Gasteiger partial charge in [-0.25, -0.2) is 0 Å². The van der Waals surface area contributed by atoms with E-state index in [1.165, 1.54) is 0 Å². The molecule has 0 saturated carbocycles. The quantitative estimate of drug-likeness (QED) is 0.899. The Hall–Kier alpha value is -1.30. The van der Waals surface area contributed by atoms with Crippen LogP contribution in [0.3, 0.4) is 0 Å². The van der Waals surface area contributed by atoms with Crippen molar-refractivity contribution in [2.24, 2.45) is 0 Å². The van der Waals surface area contributed by atoms with Crippen LogP contribution in [0.15, 0.2) is 18.2 Å². The van der Waals surface area contributed by atoms with Gasteiger partial charge in [-0.3, -0.25) is 0 Å². The summed E-state index contributed by atoms with van der Waals surface area (Å²) in [5.74, 6) is 1.48. The van der Waals surface area contributed by atoms with Crippen molar-refractivity contribution in [2.75, 3.05) is 33.0 Å². The summed E-state index contributed by atoms with van der Waals surface area (Å²) in [5, 5.41) is 10.4. The van der Waals surface area contributed by atoms with E-state index in [2.05, 4.69) is 4.90 Å². The number of rotatable bonds is 5. The summed E-state index contributed by atoms with van der Waals surface area (Å²) >= 11 is 0. The monoisotopic (exact) mass is 293 g/mol. The van der Waals surface area contributed by atoms with Gasteiger partial charge < -0.3 is 24.2 Å². The molecule has 2 aliphatic heterocycles. The number of nitrogens with zero attached hydrogens (tertiary/aromatic N) is 1. The maximum absolute atomic E-state index is 10.4. The second-order valence-corrected chi connectivity index (χ2v) is 5.58. The van der Waals surface area contributed by atoms with Crippen molar-refractivity contribution in [3.05, 3.63) is 23.8 Å². The second-order valence-electron chi connectivity index (χ2n) is 5.58. The fourth-order valence-corrected chi connectivity index (χ4v) is 2.96. The summed E-state index contributed by atoms with van der Waals surface area (Å²) < 4.78 is 16.3. The Morgan fingerprint density at radius 1 is 1.29 bits per heavy atom. The first kappa shape index (κ1) is 14.6. The summed E-state index contributed by atoms with van der Waals surface area (Å²) in [6, 6.07) is 5.65. The van der Waals surface area contributed by atoms with Crippen LogP contribution >= 0.6 is 0 Å². The predicted molar refractivity (Wildman–Crippen MR) is 78.6 cm³/mol. The molecule has 0 radical (unpaired) electrons. The Labute approximate surface area is 125 Å². The molecule has 1 aromatic rings. The van der Waals surface area contributed by atoms with E-state index in [0.29, 0.717) is 12.6 Å². The molecule has 2 aliphatic rings. The zero-order valence-electron chi connectivity index (χ0n) is 12.5. The number of fused-ring (bicyclic) bond motifs is 1. The van der Waals surface area contributed by atoms with Crippen LogP contribution in [0.4, 0.5) is 0 Å². The van der Waals surface area contributed by atoms with Crippen molar-refractivity contribution in [3.63, 3.8) is 0 Å². The highest BCUT2D eigenvalue weighted by molar-refractivity contribution is 5.45. The Morgan fingerprint density at radius 3 is 2.81 bits per heavy atom. The van der Waals surface area contributed by atoms with Crippen LogP contribution < -0.4 is 9.47 Å². The van der Waals surface area contributed by atoms with Crippen molar-refractivity contribution in [2.45, 2.75) is 32.0 Å². The number of aliphatic hydroxyl groups is 1. The molecule has 2 heterocycles. The molecule has 1 unspecified atom stereocenters. The molecular formula is C16H23NO4. The normalized spacial score (nSPS) is 20.7. The van der Waals surface area contributed by atoms with Crippen LogP contribution in [0.2, 0.25) is 0 Å². The molecular weight excluding hydrogens is 270 g/mol. The van der Waals surface area contributed by atoms with Gasteiger partial charge in [-0.15, -0.1) is 0 Å². The molecule has 1 aromatic carbocycles. The summed E-state index contributed by atoms with van der Waals surface area (Å²) in [4.78, 5) is 2.30. The third kappa shape index (κ3) is 3.48. The van der Waals surface area contributed by atoms with Crippen LogP contribution in [-0.2, 0) is 4.74 Å². The van der Waals surface area contributed by atoms with Crippen LogP contribution in [0.5, 0.6) is 11.5 Å². The largest absolute Gasteiger partial charge is 0.454 e. The smallest absolute Gasteiger partial charge is 0.231 e. The van der Waals surface area contributed by atoms with Gasteiger partial charge in [0.2, 0.25) is 6.79 Å². The van der Waals surface area contributed by atoms with E-state index in [1.807, 2.05) is 25.1 Å². The summed E-state index contributed by atoms with van der Waals surface area (Å²) in [7, 11) is 0. The maximum Gasteiger partial charge on any atom is 0.231 e. The lowest BCUT2D eigenvalue weighted by Gasteiger charge is -2.33. The van der Waals surface area contributed by atoms with Gasteiger partial charge in [0.25, 0.3) is 0 Å². The highest BCUT2D eigenvalue weighted by atomic mass is 16.7. The van der Waals surface area contributed by atoms with Crippen LogP contribution in [0.1, 0.15) is 31.4 Å². The highest BCUT2D eigenvalue weighted by Gasteiger charge is 2.23. The highest BCUT2D eigenvalue weighted by Crippen LogP contribution is 2.34. The number of ether oxygens (including phenoxy) is 3. The van der Waals surface area contributed by atoms with Gasteiger partial charge in [0, 0.05) is 26.2 Å². The van der Waals surface area contributed by atoms with Crippen LogP contribution in [0.25, 0.3) is 0 Å². The minimum atomic E-state index is -0.497. The molecule has 21 heavy (non-hydrogen) atoms. The zero-order chi connectivity index (χ0) is 14.7. The first-order valence-corrected chi connectivity index (χ1v) is 7.68.